The summed E-state index contributed by atoms with van der Waals surface area (Å²) in [5, 5.41) is 4.40. The van der Waals surface area contributed by atoms with Crippen LogP contribution in [0.4, 0.5) is 13.2 Å². The Morgan fingerprint density at radius 3 is 2.62 bits per heavy atom. The predicted molar refractivity (Wildman–Crippen MR) is 101 cm³/mol. The summed E-state index contributed by atoms with van der Waals surface area (Å²) >= 11 is 3.64. The minimum atomic E-state index is -4.54. The Hall–Kier alpha value is -2.82. The van der Waals surface area contributed by atoms with E-state index in [0.29, 0.717) is 27.4 Å². The molecule has 1 aromatic carbocycles. The number of rotatable bonds is 3. The highest BCUT2D eigenvalue weighted by molar-refractivity contribution is 7.79. The van der Waals surface area contributed by atoms with Crippen LogP contribution in [0.25, 0.3) is 28.0 Å². The molecule has 1 atom stereocenters. The van der Waals surface area contributed by atoms with Gasteiger partial charge in [0, 0.05) is 23.0 Å². The molecule has 0 radical (unpaired) electrons. The summed E-state index contributed by atoms with van der Waals surface area (Å²) in [5.41, 5.74) is 0.963. The molecule has 4 rings (SSSR count). The van der Waals surface area contributed by atoms with Crippen LogP contribution in [0, 0.1) is 0 Å². The fourth-order valence-electron chi connectivity index (χ4n) is 2.87. The third kappa shape index (κ3) is 3.74. The van der Waals surface area contributed by atoms with E-state index in [1.165, 1.54) is 18.3 Å². The van der Waals surface area contributed by atoms with Crippen molar-refractivity contribution in [2.45, 2.75) is 11.3 Å². The van der Waals surface area contributed by atoms with Crippen molar-refractivity contribution in [3.8, 4) is 22.5 Å². The van der Waals surface area contributed by atoms with Crippen LogP contribution in [0.5, 0.6) is 0 Å². The van der Waals surface area contributed by atoms with Crippen LogP contribution in [0.3, 0.4) is 0 Å². The van der Waals surface area contributed by atoms with E-state index in [0.717, 1.165) is 16.8 Å². The molecule has 1 N–H and O–H groups in total. The van der Waals surface area contributed by atoms with E-state index in [9.17, 15) is 21.9 Å². The van der Waals surface area contributed by atoms with Gasteiger partial charge in [0.2, 0.25) is 16.2 Å². The molecule has 0 aliphatic carbocycles. The molecule has 6 nitrogen and oxygen atoms in total. The van der Waals surface area contributed by atoms with Crippen molar-refractivity contribution in [2.75, 3.05) is 0 Å². The van der Waals surface area contributed by atoms with E-state index >= 15 is 0 Å². The van der Waals surface area contributed by atoms with Gasteiger partial charge in [-0.25, -0.2) is 18.7 Å². The topological polar surface area (TPSA) is 80.4 Å². The van der Waals surface area contributed by atoms with E-state index in [-0.39, 0.29) is 10.9 Å². The van der Waals surface area contributed by atoms with Crippen LogP contribution < -0.4 is 0 Å². The molecule has 0 fully saturated rings. The van der Waals surface area contributed by atoms with Gasteiger partial charge in [-0.05, 0) is 30.3 Å². The van der Waals surface area contributed by atoms with Gasteiger partial charge in [-0.15, -0.1) is 0 Å². The Morgan fingerprint density at radius 1 is 1.14 bits per heavy atom. The van der Waals surface area contributed by atoms with E-state index < -0.39 is 22.8 Å². The van der Waals surface area contributed by atoms with Gasteiger partial charge in [-0.2, -0.15) is 18.3 Å². The standard InChI is InChI=1S/C18H10ClF3N4O2S/c19-12-3-1-2-10(8-12)16-15(13-6-7-23-17(24-13)29(27)28)14-5-4-11(18(20,21)22)9-26(14)25-16/h1-9H,(H,27,28). The maximum absolute atomic E-state index is 13.1. The monoisotopic (exact) mass is 438 g/mol. The van der Waals surface area contributed by atoms with Gasteiger partial charge in [0.25, 0.3) is 0 Å². The molecular weight excluding hydrogens is 429 g/mol. The fraction of sp³-hybridized carbons (Fsp3) is 0.0556. The van der Waals surface area contributed by atoms with Crippen molar-refractivity contribution < 1.29 is 21.9 Å². The van der Waals surface area contributed by atoms with Crippen molar-refractivity contribution in [3.05, 3.63) is 65.4 Å². The van der Waals surface area contributed by atoms with Crippen molar-refractivity contribution in [2.24, 2.45) is 0 Å². The Morgan fingerprint density at radius 2 is 1.93 bits per heavy atom. The van der Waals surface area contributed by atoms with Gasteiger partial charge < -0.3 is 0 Å². The Labute approximate surface area is 169 Å². The number of hydrogen-bond acceptors (Lipinski definition) is 4. The van der Waals surface area contributed by atoms with Gasteiger partial charge in [0.1, 0.15) is 5.69 Å². The first-order valence-electron chi connectivity index (χ1n) is 8.04. The predicted octanol–water partition coefficient (Wildman–Crippen LogP) is 4.71. The number of hydrogen-bond donors (Lipinski definition) is 1. The number of nitrogens with zero attached hydrogens (tertiary/aromatic N) is 4. The minimum absolute atomic E-state index is 0.238. The highest BCUT2D eigenvalue weighted by Gasteiger charge is 2.31. The molecule has 148 valence electrons. The average Bonchev–Trinajstić information content (AvgIpc) is 3.06. The van der Waals surface area contributed by atoms with Crippen molar-refractivity contribution in [3.63, 3.8) is 0 Å². The lowest BCUT2D eigenvalue weighted by Crippen LogP contribution is -2.06. The van der Waals surface area contributed by atoms with Crippen LogP contribution >= 0.6 is 11.6 Å². The van der Waals surface area contributed by atoms with Crippen molar-refractivity contribution in [1.29, 1.82) is 0 Å². The minimum Gasteiger partial charge on any atom is -0.300 e. The zero-order valence-corrected chi connectivity index (χ0v) is 15.8. The highest BCUT2D eigenvalue weighted by Crippen LogP contribution is 2.37. The zero-order chi connectivity index (χ0) is 20.8. The Kier molecular flexibility index (Phi) is 4.85. The number of aromatic nitrogens is 4. The lowest BCUT2D eigenvalue weighted by molar-refractivity contribution is -0.137. The summed E-state index contributed by atoms with van der Waals surface area (Å²) in [6, 6.07) is 10.4. The van der Waals surface area contributed by atoms with Crippen LogP contribution in [0.15, 0.2) is 60.0 Å². The van der Waals surface area contributed by atoms with Gasteiger partial charge in [-0.3, -0.25) is 4.55 Å². The zero-order valence-electron chi connectivity index (χ0n) is 14.3. The molecule has 11 heteroatoms. The van der Waals surface area contributed by atoms with Crippen LogP contribution in [-0.2, 0) is 17.3 Å². The quantitative estimate of drug-likeness (QED) is 0.370. The molecule has 0 bridgehead atoms. The molecule has 0 saturated heterocycles. The fourth-order valence-corrected chi connectivity index (χ4v) is 3.39. The summed E-state index contributed by atoms with van der Waals surface area (Å²) in [6.45, 7) is 0. The third-order valence-electron chi connectivity index (χ3n) is 4.10. The second-order valence-corrected chi connectivity index (χ2v) is 7.25. The molecule has 0 amide bonds. The van der Waals surface area contributed by atoms with Gasteiger partial charge in [0.05, 0.1) is 22.3 Å². The first-order chi connectivity index (χ1) is 13.7. The van der Waals surface area contributed by atoms with Crippen molar-refractivity contribution in [1.82, 2.24) is 19.6 Å². The summed E-state index contributed by atoms with van der Waals surface area (Å²) in [5.74, 6) is 0. The SMILES string of the molecule is O=S(O)c1nccc(-c2c(-c3cccc(Cl)c3)nn3cc(C(F)(F)F)ccc23)n1. The van der Waals surface area contributed by atoms with Crippen LogP contribution in [0.1, 0.15) is 5.56 Å². The maximum Gasteiger partial charge on any atom is 0.417 e. The van der Waals surface area contributed by atoms with E-state index in [1.807, 2.05) is 0 Å². The second-order valence-electron chi connectivity index (χ2n) is 5.95. The van der Waals surface area contributed by atoms with Gasteiger partial charge in [0.15, 0.2) is 0 Å². The smallest absolute Gasteiger partial charge is 0.300 e. The van der Waals surface area contributed by atoms with Crippen LogP contribution in [0.2, 0.25) is 5.02 Å². The summed E-state index contributed by atoms with van der Waals surface area (Å²) in [6.07, 6.45) is -2.37. The lowest BCUT2D eigenvalue weighted by Gasteiger charge is -2.07. The average molecular weight is 439 g/mol. The lowest BCUT2D eigenvalue weighted by atomic mass is 10.0. The summed E-state index contributed by atoms with van der Waals surface area (Å²) in [4.78, 5) is 7.81. The summed E-state index contributed by atoms with van der Waals surface area (Å²) in [7, 11) is 0. The number of alkyl halides is 3. The molecule has 3 aromatic heterocycles. The molecular formula is C18H10ClF3N4O2S. The largest absolute Gasteiger partial charge is 0.417 e. The number of halogens is 4. The van der Waals surface area contributed by atoms with E-state index in [2.05, 4.69) is 15.1 Å². The molecule has 0 aliphatic heterocycles. The van der Waals surface area contributed by atoms with E-state index in [1.54, 1.807) is 24.3 Å². The summed E-state index contributed by atoms with van der Waals surface area (Å²) < 4.78 is 61.1. The molecule has 3 heterocycles. The number of fused-ring (bicyclic) bond motifs is 1. The third-order valence-corrected chi connectivity index (χ3v) is 4.84. The molecule has 29 heavy (non-hydrogen) atoms. The maximum atomic E-state index is 13.1. The van der Waals surface area contributed by atoms with Gasteiger partial charge in [-0.1, -0.05) is 23.7 Å². The molecule has 0 saturated carbocycles. The molecule has 1 unspecified atom stereocenters. The molecule has 4 aromatic rings. The second kappa shape index (κ2) is 7.21. The molecule has 0 aliphatic rings. The molecule has 0 spiro atoms. The van der Waals surface area contributed by atoms with E-state index in [4.69, 9.17) is 11.6 Å². The van der Waals surface area contributed by atoms with Crippen molar-refractivity contribution >= 4 is 28.2 Å². The Bertz CT molecular complexity index is 1260. The highest BCUT2D eigenvalue weighted by atomic mass is 35.5. The normalized spacial score (nSPS) is 13.0. The van der Waals surface area contributed by atoms with Crippen LogP contribution in [-0.4, -0.2) is 28.3 Å². The number of pyridine rings is 1. The first kappa shape index (κ1) is 19.5. The Balaban J connectivity index is 2.03. The first-order valence-corrected chi connectivity index (χ1v) is 9.52. The number of benzene rings is 1. The van der Waals surface area contributed by atoms with Gasteiger partial charge >= 0.3 is 6.18 Å².